The Morgan fingerprint density at radius 2 is 1.55 bits per heavy atom. The first-order chi connectivity index (χ1) is 18.8. The van der Waals surface area contributed by atoms with Gasteiger partial charge in [-0.05, 0) is 59.7 Å². The summed E-state index contributed by atoms with van der Waals surface area (Å²) in [6, 6.07) is 15.0. The third-order valence-electron chi connectivity index (χ3n) is 5.56. The highest BCUT2D eigenvalue weighted by molar-refractivity contribution is 5.97. The monoisotopic (exact) mass is 558 g/mol. The van der Waals surface area contributed by atoms with Crippen molar-refractivity contribution in [2.24, 2.45) is 0 Å². The van der Waals surface area contributed by atoms with Gasteiger partial charge in [0.15, 0.2) is 0 Å². The van der Waals surface area contributed by atoms with E-state index >= 15 is 0 Å². The number of rotatable bonds is 10. The van der Waals surface area contributed by atoms with E-state index in [0.29, 0.717) is 11.3 Å². The number of carbonyl (C=O) groups is 4. The fraction of sp³-hybridized carbons (Fsp3) is 0.214. The van der Waals surface area contributed by atoms with Gasteiger partial charge in [-0.3, -0.25) is 19.2 Å². The van der Waals surface area contributed by atoms with Gasteiger partial charge in [0.05, 0.1) is 19.1 Å². The summed E-state index contributed by atoms with van der Waals surface area (Å²) in [6.07, 6.45) is -5.24. The normalized spacial score (nSPS) is 10.9. The van der Waals surface area contributed by atoms with Crippen molar-refractivity contribution in [3.8, 4) is 11.5 Å². The summed E-state index contributed by atoms with van der Waals surface area (Å²) < 4.78 is 50.1. The van der Waals surface area contributed by atoms with Gasteiger partial charge in [-0.1, -0.05) is 18.2 Å². The molecule has 0 atom stereocenters. The Hall–Kier alpha value is -4.87. The number of alkyl halides is 3. The van der Waals surface area contributed by atoms with Crippen LogP contribution in [0.4, 0.5) is 18.9 Å². The molecular weight excluding hydrogens is 533 g/mol. The van der Waals surface area contributed by atoms with E-state index in [1.807, 2.05) is 0 Å². The van der Waals surface area contributed by atoms with Crippen molar-refractivity contribution in [2.45, 2.75) is 26.1 Å². The molecule has 0 saturated carbocycles. The fourth-order valence-corrected chi connectivity index (χ4v) is 3.77. The number of ether oxygens (including phenoxy) is 2. The lowest BCUT2D eigenvalue weighted by Crippen LogP contribution is -2.35. The summed E-state index contributed by atoms with van der Waals surface area (Å²) in [6.45, 7) is 0.613. The molecule has 0 spiro atoms. The molecule has 210 valence electrons. The molecule has 40 heavy (non-hydrogen) atoms. The zero-order chi connectivity index (χ0) is 29.4. The Labute approximate surface area is 227 Å². The van der Waals surface area contributed by atoms with Gasteiger partial charge in [-0.15, -0.1) is 0 Å². The highest BCUT2D eigenvalue weighted by atomic mass is 19.4. The van der Waals surface area contributed by atoms with Gasteiger partial charge >= 0.3 is 18.1 Å². The van der Waals surface area contributed by atoms with Crippen LogP contribution in [-0.4, -0.2) is 47.4 Å². The average Bonchev–Trinajstić information content (AvgIpc) is 2.88. The van der Waals surface area contributed by atoms with Gasteiger partial charge in [-0.2, -0.15) is 13.2 Å². The smallest absolute Gasteiger partial charge is 0.416 e. The highest BCUT2D eigenvalue weighted by Gasteiger charge is 2.34. The minimum absolute atomic E-state index is 0.00712. The third kappa shape index (κ3) is 8.32. The van der Waals surface area contributed by atoms with Gasteiger partial charge in [0.1, 0.15) is 18.0 Å². The van der Waals surface area contributed by atoms with Crippen LogP contribution in [0.2, 0.25) is 0 Å². The number of nitrogens with zero attached hydrogens (tertiary/aromatic N) is 1. The predicted molar refractivity (Wildman–Crippen MR) is 137 cm³/mol. The van der Waals surface area contributed by atoms with Crippen LogP contribution in [0.1, 0.15) is 34.0 Å². The molecule has 0 aliphatic heterocycles. The second-order valence-corrected chi connectivity index (χ2v) is 8.62. The van der Waals surface area contributed by atoms with Crippen LogP contribution >= 0.6 is 0 Å². The van der Waals surface area contributed by atoms with E-state index in [0.717, 1.165) is 11.0 Å². The van der Waals surface area contributed by atoms with Gasteiger partial charge in [0.25, 0.3) is 5.91 Å². The Kier molecular flexibility index (Phi) is 9.49. The lowest BCUT2D eigenvalue weighted by atomic mass is 10.0. The molecule has 0 aliphatic rings. The minimum Gasteiger partial charge on any atom is -0.497 e. The fourth-order valence-electron chi connectivity index (χ4n) is 3.77. The van der Waals surface area contributed by atoms with Crippen LogP contribution in [0.15, 0.2) is 66.7 Å². The lowest BCUT2D eigenvalue weighted by molar-refractivity contribution is -0.139. The lowest BCUT2D eigenvalue weighted by Gasteiger charge is -2.21. The molecule has 3 aromatic carbocycles. The molecule has 0 aromatic heterocycles. The number of aliphatic carboxylic acids is 1. The first-order valence-corrected chi connectivity index (χ1v) is 11.8. The standard InChI is InChI=1S/C28H25F3N2O7/c1-17(34)40-22-10-3-18(4-11-22)15-33(16-26(36)37)27(38)19-5-8-21(9-6-19)32-25(35)13-20-7-12-23(39-2)14-24(20)28(29,30)31/h3-12,14H,13,15-16H2,1-2H3,(H,32,35)(H,36,37). The number of benzene rings is 3. The van der Waals surface area contributed by atoms with E-state index in [2.05, 4.69) is 5.32 Å². The highest BCUT2D eigenvalue weighted by Crippen LogP contribution is 2.34. The quantitative estimate of drug-likeness (QED) is 0.277. The van der Waals surface area contributed by atoms with E-state index in [1.165, 1.54) is 62.6 Å². The Bertz CT molecular complexity index is 1390. The van der Waals surface area contributed by atoms with Crippen LogP contribution in [0, 0.1) is 0 Å². The largest absolute Gasteiger partial charge is 0.497 e. The number of carboxylic acids is 1. The maximum atomic E-state index is 13.4. The van der Waals surface area contributed by atoms with Crippen molar-refractivity contribution in [1.82, 2.24) is 4.90 Å². The predicted octanol–water partition coefficient (Wildman–Crippen LogP) is 4.55. The second-order valence-electron chi connectivity index (χ2n) is 8.62. The molecular formula is C28H25F3N2O7. The molecule has 3 rings (SSSR count). The summed E-state index contributed by atoms with van der Waals surface area (Å²) in [7, 11) is 1.24. The maximum absolute atomic E-state index is 13.4. The second kappa shape index (κ2) is 12.8. The molecule has 12 heteroatoms. The number of carbonyl (C=O) groups excluding carboxylic acids is 3. The summed E-state index contributed by atoms with van der Waals surface area (Å²) in [5.74, 6) is -2.73. The van der Waals surface area contributed by atoms with Crippen molar-refractivity contribution < 1.29 is 46.9 Å². The number of hydrogen-bond acceptors (Lipinski definition) is 6. The van der Waals surface area contributed by atoms with E-state index in [1.54, 1.807) is 12.1 Å². The van der Waals surface area contributed by atoms with Gasteiger partial charge in [0.2, 0.25) is 5.91 Å². The number of methoxy groups -OCH3 is 1. The molecule has 3 aromatic rings. The van der Waals surface area contributed by atoms with E-state index in [4.69, 9.17) is 9.47 Å². The van der Waals surface area contributed by atoms with Crippen molar-refractivity contribution in [2.75, 3.05) is 19.0 Å². The van der Waals surface area contributed by atoms with Crippen LogP contribution in [0.3, 0.4) is 0 Å². The maximum Gasteiger partial charge on any atom is 0.416 e. The van der Waals surface area contributed by atoms with Crippen molar-refractivity contribution >= 4 is 29.4 Å². The van der Waals surface area contributed by atoms with Crippen molar-refractivity contribution in [3.05, 3.63) is 89.0 Å². The molecule has 0 saturated heterocycles. The summed E-state index contributed by atoms with van der Waals surface area (Å²) in [5.41, 5.74) is -0.267. The van der Waals surface area contributed by atoms with Crippen LogP contribution in [-0.2, 0) is 33.5 Å². The molecule has 2 amide bonds. The van der Waals surface area contributed by atoms with Gasteiger partial charge in [0, 0.05) is 24.7 Å². The van der Waals surface area contributed by atoms with Crippen molar-refractivity contribution in [3.63, 3.8) is 0 Å². The Morgan fingerprint density at radius 1 is 0.925 bits per heavy atom. The van der Waals surface area contributed by atoms with Crippen LogP contribution in [0.5, 0.6) is 11.5 Å². The molecule has 0 unspecified atom stereocenters. The number of amides is 2. The zero-order valence-electron chi connectivity index (χ0n) is 21.4. The number of carboxylic acid groups (broad SMARTS) is 1. The van der Waals surface area contributed by atoms with E-state index in [9.17, 15) is 37.5 Å². The average molecular weight is 559 g/mol. The molecule has 0 heterocycles. The minimum atomic E-state index is -4.68. The summed E-state index contributed by atoms with van der Waals surface area (Å²) in [5, 5.41) is 11.8. The SMILES string of the molecule is COc1ccc(CC(=O)Nc2ccc(C(=O)N(CC(=O)O)Cc3ccc(OC(C)=O)cc3)cc2)c(C(F)(F)F)c1. The number of halogens is 3. The molecule has 2 N–H and O–H groups in total. The molecule has 0 radical (unpaired) electrons. The molecule has 9 nitrogen and oxygen atoms in total. The first kappa shape index (κ1) is 29.7. The van der Waals surface area contributed by atoms with Crippen LogP contribution in [0.25, 0.3) is 0 Å². The number of esters is 1. The third-order valence-corrected chi connectivity index (χ3v) is 5.56. The van der Waals surface area contributed by atoms with Crippen molar-refractivity contribution in [1.29, 1.82) is 0 Å². The zero-order valence-corrected chi connectivity index (χ0v) is 21.4. The van der Waals surface area contributed by atoms with E-state index in [-0.39, 0.29) is 29.1 Å². The van der Waals surface area contributed by atoms with Gasteiger partial charge < -0.3 is 24.8 Å². The first-order valence-electron chi connectivity index (χ1n) is 11.8. The van der Waals surface area contributed by atoms with Crippen LogP contribution < -0.4 is 14.8 Å². The molecule has 0 bridgehead atoms. The number of anilines is 1. The molecule has 0 fully saturated rings. The molecule has 0 aliphatic carbocycles. The summed E-state index contributed by atoms with van der Waals surface area (Å²) in [4.78, 5) is 49.1. The van der Waals surface area contributed by atoms with E-state index < -0.39 is 48.5 Å². The Balaban J connectivity index is 1.69. The number of hydrogen-bond donors (Lipinski definition) is 2. The number of nitrogens with one attached hydrogen (secondary N) is 1. The Morgan fingerprint density at radius 3 is 2.10 bits per heavy atom. The topological polar surface area (TPSA) is 122 Å². The summed E-state index contributed by atoms with van der Waals surface area (Å²) >= 11 is 0. The van der Waals surface area contributed by atoms with Gasteiger partial charge in [-0.25, -0.2) is 0 Å².